The largest absolute Gasteiger partial charge is 0.471 e. The van der Waals surface area contributed by atoms with E-state index in [4.69, 9.17) is 11.6 Å². The minimum Gasteiger partial charge on any atom is -0.471 e. The first kappa shape index (κ1) is 9.56. The number of quaternary nitrogens is 1. The van der Waals surface area contributed by atoms with Crippen molar-refractivity contribution in [2.45, 2.75) is 19.4 Å². The molecule has 0 aliphatic carbocycles. The molecule has 0 aromatic heterocycles. The van der Waals surface area contributed by atoms with Crippen molar-refractivity contribution >= 4 is 11.6 Å². The Morgan fingerprint density at radius 2 is 1.75 bits per heavy atom. The number of hydrogen-bond acceptors (Lipinski definition) is 0. The number of nitrogens with two attached hydrogens (primary N) is 1. The highest BCUT2D eigenvalue weighted by Crippen LogP contribution is 2.17. The summed E-state index contributed by atoms with van der Waals surface area (Å²) in [6, 6.07) is 7.87. The van der Waals surface area contributed by atoms with Gasteiger partial charge in [-0.3, -0.25) is 0 Å². The first-order valence-electron chi connectivity index (χ1n) is 3.96. The van der Waals surface area contributed by atoms with Gasteiger partial charge in [0.25, 0.3) is 0 Å². The third kappa shape index (κ3) is 1.99. The molecule has 0 atom stereocenters. The predicted molar refractivity (Wildman–Crippen MR) is 51.8 cm³/mol. The summed E-state index contributed by atoms with van der Waals surface area (Å²) in [5, 5.41) is 2.72. The van der Waals surface area contributed by atoms with Gasteiger partial charge in [-0.05, 0) is 26.0 Å². The molecule has 0 saturated carbocycles. The van der Waals surface area contributed by atoms with Crippen LogP contribution in [0.25, 0.3) is 0 Å². The summed E-state index contributed by atoms with van der Waals surface area (Å²) in [4.78, 5) is 0. The molecule has 0 aliphatic rings. The smallest absolute Gasteiger partial charge is 0.0922 e. The molecule has 0 unspecified atom stereocenters. The summed E-state index contributed by atoms with van der Waals surface area (Å²) in [6.45, 7) is 4.26. The fraction of sp³-hybridized carbons (Fsp3) is 0.300. The SMILES string of the molecule is [CH2-][NH2+]C(C)(C)c1ccc(Cl)cc1. The summed E-state index contributed by atoms with van der Waals surface area (Å²) in [7, 11) is 3.80. The lowest BCUT2D eigenvalue weighted by Gasteiger charge is -2.24. The van der Waals surface area contributed by atoms with Crippen LogP contribution in [0.1, 0.15) is 19.4 Å². The molecular weight excluding hydrogens is 170 g/mol. The van der Waals surface area contributed by atoms with Gasteiger partial charge in [-0.1, -0.05) is 23.7 Å². The summed E-state index contributed by atoms with van der Waals surface area (Å²) >= 11 is 5.78. The van der Waals surface area contributed by atoms with E-state index in [2.05, 4.69) is 20.9 Å². The van der Waals surface area contributed by atoms with Crippen LogP contribution in [-0.2, 0) is 5.54 Å². The molecule has 0 spiro atoms. The van der Waals surface area contributed by atoms with Crippen molar-refractivity contribution in [1.29, 1.82) is 0 Å². The van der Waals surface area contributed by atoms with Crippen molar-refractivity contribution in [3.05, 3.63) is 41.9 Å². The fourth-order valence-corrected chi connectivity index (χ4v) is 1.12. The Morgan fingerprint density at radius 1 is 1.25 bits per heavy atom. The molecule has 1 aromatic carbocycles. The lowest BCUT2D eigenvalue weighted by atomic mass is 9.95. The van der Waals surface area contributed by atoms with Crippen LogP contribution in [0.2, 0.25) is 5.02 Å². The maximum Gasteiger partial charge on any atom is 0.0922 e. The Balaban J connectivity index is 2.96. The fourth-order valence-electron chi connectivity index (χ4n) is 0.997. The van der Waals surface area contributed by atoms with E-state index in [9.17, 15) is 0 Å². The van der Waals surface area contributed by atoms with E-state index in [1.54, 1.807) is 0 Å². The molecule has 2 heteroatoms. The van der Waals surface area contributed by atoms with Crippen molar-refractivity contribution in [3.8, 4) is 0 Å². The zero-order chi connectivity index (χ0) is 9.19. The van der Waals surface area contributed by atoms with Crippen LogP contribution in [0, 0.1) is 7.05 Å². The lowest BCUT2D eigenvalue weighted by molar-refractivity contribution is -0.677. The predicted octanol–water partition coefficient (Wildman–Crippen LogP) is 1.93. The van der Waals surface area contributed by atoms with Crippen LogP contribution < -0.4 is 5.32 Å². The van der Waals surface area contributed by atoms with Gasteiger partial charge < -0.3 is 5.32 Å². The number of rotatable bonds is 2. The summed E-state index contributed by atoms with van der Waals surface area (Å²) in [6.07, 6.45) is 0. The second-order valence-electron chi connectivity index (χ2n) is 3.43. The zero-order valence-corrected chi connectivity index (χ0v) is 8.23. The van der Waals surface area contributed by atoms with Crippen molar-refractivity contribution < 1.29 is 5.32 Å². The van der Waals surface area contributed by atoms with E-state index >= 15 is 0 Å². The molecule has 0 bridgehead atoms. The molecule has 1 rings (SSSR count). The molecule has 0 heterocycles. The van der Waals surface area contributed by atoms with E-state index < -0.39 is 0 Å². The van der Waals surface area contributed by atoms with Gasteiger partial charge in [-0.2, -0.15) is 7.05 Å². The van der Waals surface area contributed by atoms with E-state index in [0.717, 1.165) is 5.02 Å². The van der Waals surface area contributed by atoms with Crippen LogP contribution in [0.4, 0.5) is 0 Å². The molecular formula is C10H14ClN. The second-order valence-corrected chi connectivity index (χ2v) is 3.87. The Bertz CT molecular complexity index is 251. The Labute approximate surface area is 78.7 Å². The number of halogens is 1. The molecule has 66 valence electrons. The highest BCUT2D eigenvalue weighted by Gasteiger charge is 2.18. The van der Waals surface area contributed by atoms with Crippen molar-refractivity contribution in [3.63, 3.8) is 0 Å². The van der Waals surface area contributed by atoms with E-state index in [1.165, 1.54) is 5.56 Å². The molecule has 1 aromatic rings. The second kappa shape index (κ2) is 3.46. The first-order chi connectivity index (χ1) is 5.56. The minimum atomic E-state index is 0.0323. The topological polar surface area (TPSA) is 16.6 Å². The number of benzene rings is 1. The van der Waals surface area contributed by atoms with Crippen LogP contribution in [-0.4, -0.2) is 0 Å². The van der Waals surface area contributed by atoms with Crippen LogP contribution in [0.3, 0.4) is 0 Å². The van der Waals surface area contributed by atoms with Gasteiger partial charge in [0.15, 0.2) is 0 Å². The van der Waals surface area contributed by atoms with Gasteiger partial charge in [-0.25, -0.2) is 0 Å². The van der Waals surface area contributed by atoms with Gasteiger partial charge in [0, 0.05) is 10.6 Å². The molecule has 1 nitrogen and oxygen atoms in total. The third-order valence-corrected chi connectivity index (χ3v) is 2.35. The van der Waals surface area contributed by atoms with E-state index in [1.807, 2.05) is 29.6 Å². The van der Waals surface area contributed by atoms with Crippen LogP contribution in [0.5, 0.6) is 0 Å². The minimum absolute atomic E-state index is 0.0323. The molecule has 0 fully saturated rings. The van der Waals surface area contributed by atoms with Crippen molar-refractivity contribution in [2.75, 3.05) is 0 Å². The van der Waals surface area contributed by atoms with Gasteiger partial charge in [0.2, 0.25) is 0 Å². The average Bonchev–Trinajstić information content (AvgIpc) is 2.05. The molecule has 12 heavy (non-hydrogen) atoms. The molecule has 0 amide bonds. The maximum absolute atomic E-state index is 5.78. The maximum atomic E-state index is 5.78. The van der Waals surface area contributed by atoms with Crippen LogP contribution >= 0.6 is 11.6 Å². The molecule has 0 saturated heterocycles. The van der Waals surface area contributed by atoms with Crippen LogP contribution in [0.15, 0.2) is 24.3 Å². The average molecular weight is 184 g/mol. The van der Waals surface area contributed by atoms with Crippen molar-refractivity contribution in [1.82, 2.24) is 0 Å². The summed E-state index contributed by atoms with van der Waals surface area (Å²) in [5.74, 6) is 0. The highest BCUT2D eigenvalue weighted by atomic mass is 35.5. The van der Waals surface area contributed by atoms with Gasteiger partial charge in [-0.15, -0.1) is 0 Å². The van der Waals surface area contributed by atoms with Gasteiger partial charge in [0.05, 0.1) is 5.54 Å². The molecule has 0 radical (unpaired) electrons. The third-order valence-electron chi connectivity index (χ3n) is 2.10. The highest BCUT2D eigenvalue weighted by molar-refractivity contribution is 6.30. The summed E-state index contributed by atoms with van der Waals surface area (Å²) in [5.41, 5.74) is 1.27. The molecule has 0 aliphatic heterocycles. The number of hydrogen-bond donors (Lipinski definition) is 1. The summed E-state index contributed by atoms with van der Waals surface area (Å²) < 4.78 is 0. The lowest BCUT2D eigenvalue weighted by Crippen LogP contribution is -2.87. The van der Waals surface area contributed by atoms with Gasteiger partial charge >= 0.3 is 0 Å². The van der Waals surface area contributed by atoms with E-state index in [-0.39, 0.29) is 5.54 Å². The standard InChI is InChI=1S/C10H14ClN/c1-10(2,12-3)8-4-6-9(11)7-5-8/h4-7H,3,12H2,1-2H3. The van der Waals surface area contributed by atoms with E-state index in [0.29, 0.717) is 0 Å². The monoisotopic (exact) mass is 183 g/mol. The first-order valence-corrected chi connectivity index (χ1v) is 4.34. The quantitative estimate of drug-likeness (QED) is 0.675. The van der Waals surface area contributed by atoms with Gasteiger partial charge in [0.1, 0.15) is 0 Å². The zero-order valence-electron chi connectivity index (χ0n) is 7.47. The Hall–Kier alpha value is -0.530. The van der Waals surface area contributed by atoms with Crippen molar-refractivity contribution in [2.24, 2.45) is 0 Å². The Kier molecular flexibility index (Phi) is 2.76. The normalized spacial score (nSPS) is 11.7. The Morgan fingerprint density at radius 3 is 2.17 bits per heavy atom. The molecule has 2 N–H and O–H groups in total.